The Kier molecular flexibility index (Phi) is 10.1. The van der Waals surface area contributed by atoms with Gasteiger partial charge in [-0.1, -0.05) is 51.9 Å². The summed E-state index contributed by atoms with van der Waals surface area (Å²) in [5.74, 6) is -3.32. The Morgan fingerprint density at radius 3 is 1.67 bits per heavy atom. The number of ether oxygens (including phenoxy) is 6. The number of esters is 2. The van der Waals surface area contributed by atoms with Gasteiger partial charge >= 0.3 is 17.9 Å². The number of carboxylic acid groups (broad SMARTS) is 1. The highest BCUT2D eigenvalue weighted by Gasteiger charge is 2.57. The summed E-state index contributed by atoms with van der Waals surface area (Å²) in [7, 11) is 2.61. The molecule has 10 rings (SSSR count). The number of carbonyl (C=O) groups is 4. The molecule has 0 saturated heterocycles. The average Bonchev–Trinajstić information content (AvgIpc) is 3.73. The Labute approximate surface area is 384 Å². The van der Waals surface area contributed by atoms with E-state index in [1.165, 1.54) is 68.8 Å². The standard InChI is InChI=1S/C23H14Cl2O9.C22H14INO6/c1-31-13-6-11-19(15(24)17(13)26)33-20-12(7-14(32-2)18(27)16(20)25)23(11)10-5-8(21(28)29)3-4-9(10)22(30)34-23;23-10-20(27)24-11-1-4-15-14(7-11)21(28)30-22(15)16-5-2-12(25)8-18(16)29-19-9-13(26)3-6-17(19)22/h3-7,26-27H,1-2H3,(H,28,29);1-9,25-26H,10H2,(H,24,27). The molecule has 2 spiro atoms. The molecule has 0 atom stereocenters. The minimum Gasteiger partial charge on any atom is -0.508 e. The lowest BCUT2D eigenvalue weighted by atomic mass is 9.77. The van der Waals surface area contributed by atoms with Crippen molar-refractivity contribution in [2.75, 3.05) is 24.0 Å². The predicted molar refractivity (Wildman–Crippen MR) is 234 cm³/mol. The summed E-state index contributed by atoms with van der Waals surface area (Å²) in [6.45, 7) is 0. The first-order valence-electron chi connectivity index (χ1n) is 18.6. The summed E-state index contributed by atoms with van der Waals surface area (Å²) in [6.07, 6.45) is 0. The highest BCUT2D eigenvalue weighted by Crippen LogP contribution is 2.63. The fourth-order valence-corrected chi connectivity index (χ4v) is 8.91. The van der Waals surface area contributed by atoms with E-state index in [4.69, 9.17) is 51.6 Å². The first-order chi connectivity index (χ1) is 30.6. The van der Waals surface area contributed by atoms with Crippen LogP contribution in [0.15, 0.2) is 84.9 Å². The first kappa shape index (κ1) is 42.2. The average molecular weight is 1020 g/mol. The van der Waals surface area contributed by atoms with Gasteiger partial charge in [0.15, 0.2) is 45.7 Å². The maximum absolute atomic E-state index is 13.0. The number of aromatic hydroxyl groups is 4. The van der Waals surface area contributed by atoms with Crippen LogP contribution in [-0.4, -0.2) is 68.0 Å². The van der Waals surface area contributed by atoms with Gasteiger partial charge in [0, 0.05) is 40.1 Å². The fourth-order valence-electron chi connectivity index (χ4n) is 8.25. The molecule has 0 aliphatic carbocycles. The number of aromatic carboxylic acids is 1. The van der Waals surface area contributed by atoms with Crippen LogP contribution < -0.4 is 24.3 Å². The highest BCUT2D eigenvalue weighted by atomic mass is 127. The molecule has 0 radical (unpaired) electrons. The summed E-state index contributed by atoms with van der Waals surface area (Å²) in [5, 5.41) is 52.6. The number of phenols is 4. The molecule has 4 aliphatic rings. The number of carbonyl (C=O) groups excluding carboxylic acids is 3. The summed E-state index contributed by atoms with van der Waals surface area (Å²) in [4.78, 5) is 49.4. The third-order valence-corrected chi connectivity index (χ3v) is 12.4. The normalized spacial score (nSPS) is 14.7. The maximum atomic E-state index is 13.0. The van der Waals surface area contributed by atoms with E-state index in [1.54, 1.807) is 30.3 Å². The van der Waals surface area contributed by atoms with Gasteiger partial charge in [-0.25, -0.2) is 14.4 Å². The molecule has 0 aromatic heterocycles. The third-order valence-electron chi connectivity index (χ3n) is 11.0. The lowest BCUT2D eigenvalue weighted by Gasteiger charge is -2.37. The monoisotopic (exact) mass is 1020 g/mol. The second kappa shape index (κ2) is 15.3. The fraction of sp³-hybridized carbons (Fsp3) is 0.111. The maximum Gasteiger partial charge on any atom is 0.340 e. The molecule has 4 heterocycles. The zero-order valence-electron chi connectivity index (χ0n) is 32.7. The van der Waals surface area contributed by atoms with Crippen molar-refractivity contribution >= 4 is 75.3 Å². The van der Waals surface area contributed by atoms with Crippen LogP contribution in [0, 0.1) is 0 Å². The zero-order valence-corrected chi connectivity index (χ0v) is 36.4. The Morgan fingerprint density at radius 1 is 0.641 bits per heavy atom. The van der Waals surface area contributed by atoms with Crippen molar-refractivity contribution in [3.63, 3.8) is 0 Å². The summed E-state index contributed by atoms with van der Waals surface area (Å²) >= 11 is 14.8. The molecule has 0 unspecified atom stereocenters. The van der Waals surface area contributed by atoms with E-state index in [2.05, 4.69) is 5.32 Å². The van der Waals surface area contributed by atoms with Crippen LogP contribution in [0.3, 0.4) is 0 Å². The SMILES string of the molecule is COc1cc2c(c(Cl)c1O)Oc1c(cc(OC)c(O)c1Cl)C21OC(=O)c2ccc(C(=O)O)cc21.O=C(CI)Nc1ccc2c(c1)C(=O)OC21c2ccc(O)cc2Oc2cc(O)ccc21. The molecule has 64 heavy (non-hydrogen) atoms. The van der Waals surface area contributed by atoms with Gasteiger partial charge in [-0.2, -0.15) is 0 Å². The van der Waals surface area contributed by atoms with Crippen molar-refractivity contribution in [3.8, 4) is 57.5 Å². The second-order valence-electron chi connectivity index (χ2n) is 14.5. The Balaban J connectivity index is 0.000000163. The van der Waals surface area contributed by atoms with E-state index >= 15 is 0 Å². The van der Waals surface area contributed by atoms with E-state index in [0.29, 0.717) is 39.4 Å². The Morgan fingerprint density at radius 2 is 1.16 bits per heavy atom. The van der Waals surface area contributed by atoms with Gasteiger partial charge in [-0.3, -0.25) is 4.79 Å². The smallest absolute Gasteiger partial charge is 0.340 e. The summed E-state index contributed by atoms with van der Waals surface area (Å²) in [5.41, 5.74) is -0.207. The molecule has 19 heteroatoms. The number of amides is 1. The number of halogens is 3. The number of carboxylic acids is 1. The van der Waals surface area contributed by atoms with Crippen LogP contribution in [0.4, 0.5) is 5.69 Å². The molecule has 324 valence electrons. The topological polar surface area (TPSA) is 237 Å². The van der Waals surface area contributed by atoms with E-state index in [1.807, 2.05) is 22.6 Å². The molecule has 6 aromatic rings. The molecule has 0 fully saturated rings. The lowest BCUT2D eigenvalue weighted by molar-refractivity contribution is -0.113. The molecule has 4 aliphatic heterocycles. The Hall–Kier alpha value is -7.09. The van der Waals surface area contributed by atoms with Gasteiger partial charge in [0.25, 0.3) is 0 Å². The van der Waals surface area contributed by atoms with Crippen LogP contribution in [0.2, 0.25) is 10.0 Å². The van der Waals surface area contributed by atoms with Gasteiger partial charge in [-0.15, -0.1) is 0 Å². The number of fused-ring (bicyclic) bond motifs is 12. The molecule has 1 amide bonds. The Bertz CT molecular complexity index is 2960. The highest BCUT2D eigenvalue weighted by molar-refractivity contribution is 14.1. The lowest BCUT2D eigenvalue weighted by Crippen LogP contribution is -2.33. The molecule has 0 bridgehead atoms. The van der Waals surface area contributed by atoms with Crippen LogP contribution >= 0.6 is 45.8 Å². The third kappa shape index (κ3) is 6.16. The molecular formula is C45H28Cl2INO15. The van der Waals surface area contributed by atoms with Gasteiger partial charge in [-0.05, 0) is 66.7 Å². The minimum atomic E-state index is -1.82. The predicted octanol–water partition coefficient (Wildman–Crippen LogP) is 8.73. The van der Waals surface area contributed by atoms with Crippen molar-refractivity contribution in [1.82, 2.24) is 0 Å². The number of methoxy groups -OCH3 is 2. The van der Waals surface area contributed by atoms with E-state index in [0.717, 1.165) is 0 Å². The van der Waals surface area contributed by atoms with Gasteiger partial charge in [0.05, 0.1) is 46.5 Å². The number of benzene rings is 6. The molecule has 0 saturated carbocycles. The van der Waals surface area contributed by atoms with E-state index in [-0.39, 0.29) is 82.7 Å². The molecular weight excluding hydrogens is 992 g/mol. The van der Waals surface area contributed by atoms with Gasteiger partial charge in [0.2, 0.25) is 5.91 Å². The van der Waals surface area contributed by atoms with Crippen molar-refractivity contribution < 1.29 is 73.1 Å². The number of alkyl halides is 1. The number of anilines is 1. The molecule has 6 N–H and O–H groups in total. The number of nitrogens with one attached hydrogen (secondary N) is 1. The van der Waals surface area contributed by atoms with E-state index < -0.39 is 40.6 Å². The summed E-state index contributed by atoms with van der Waals surface area (Å²) in [6, 6.07) is 20.8. The van der Waals surface area contributed by atoms with Crippen LogP contribution in [0.25, 0.3) is 0 Å². The summed E-state index contributed by atoms with van der Waals surface area (Å²) < 4.78 is 34.5. The van der Waals surface area contributed by atoms with Crippen molar-refractivity contribution in [1.29, 1.82) is 0 Å². The van der Waals surface area contributed by atoms with Crippen LogP contribution in [-0.2, 0) is 25.5 Å². The van der Waals surface area contributed by atoms with Crippen LogP contribution in [0.1, 0.15) is 64.5 Å². The largest absolute Gasteiger partial charge is 0.508 e. The van der Waals surface area contributed by atoms with Crippen molar-refractivity contribution in [3.05, 3.63) is 145 Å². The zero-order chi connectivity index (χ0) is 45.6. The van der Waals surface area contributed by atoms with Gasteiger partial charge in [0.1, 0.15) is 33.0 Å². The first-order valence-corrected chi connectivity index (χ1v) is 20.9. The number of rotatable bonds is 5. The van der Waals surface area contributed by atoms with Gasteiger partial charge < -0.3 is 59.3 Å². The second-order valence-corrected chi connectivity index (χ2v) is 16.0. The molecule has 16 nitrogen and oxygen atoms in total. The molecule has 6 aromatic carbocycles. The van der Waals surface area contributed by atoms with Crippen molar-refractivity contribution in [2.45, 2.75) is 11.2 Å². The van der Waals surface area contributed by atoms with Crippen molar-refractivity contribution in [2.24, 2.45) is 0 Å². The number of hydrogen-bond acceptors (Lipinski definition) is 14. The van der Waals surface area contributed by atoms with Crippen LogP contribution in [0.5, 0.6) is 57.5 Å². The number of hydrogen-bond donors (Lipinski definition) is 6. The number of phenolic OH excluding ortho intramolecular Hbond substituents is 4. The van der Waals surface area contributed by atoms with E-state index in [9.17, 15) is 44.7 Å². The minimum absolute atomic E-state index is 0.00564. The quantitative estimate of drug-likeness (QED) is 0.0538.